The van der Waals surface area contributed by atoms with E-state index in [1.54, 1.807) is 11.3 Å². The van der Waals surface area contributed by atoms with Crippen LogP contribution in [0, 0.1) is 18.8 Å². The van der Waals surface area contributed by atoms with Crippen molar-refractivity contribution in [3.05, 3.63) is 46.2 Å². The third-order valence-corrected chi connectivity index (χ3v) is 6.30. The fourth-order valence-corrected chi connectivity index (χ4v) is 4.57. The van der Waals surface area contributed by atoms with E-state index in [0.717, 1.165) is 38.5 Å². The van der Waals surface area contributed by atoms with Gasteiger partial charge in [0.25, 0.3) is 0 Å². The predicted molar refractivity (Wildman–Crippen MR) is 110 cm³/mol. The standard InChI is InChI=1S/C22H32O4S/c1-16-8-13-19(27-16)14-12-18(23)11-9-17-10-15-21(24)20(17)6-4-2-3-5-7-22(25)26/h2,4,8-9,11,13,17-18,20-21,23-24H,3,5-7,10,12,14-15H2,1H3,(H,25,26)/b4-2-,11-9+/t17-,18+,20+,21?/m0/s1. The molecule has 150 valence electrons. The molecule has 0 bridgehead atoms. The number of unbranched alkanes of at least 4 members (excludes halogenated alkanes) is 1. The third-order valence-electron chi connectivity index (χ3n) is 5.24. The summed E-state index contributed by atoms with van der Waals surface area (Å²) >= 11 is 1.78. The largest absolute Gasteiger partial charge is 0.481 e. The quantitative estimate of drug-likeness (QED) is 0.383. The van der Waals surface area contributed by atoms with Crippen molar-refractivity contribution < 1.29 is 20.1 Å². The molecule has 0 spiro atoms. The SMILES string of the molecule is Cc1ccc(CC[C@H](O)/C=C/[C@H]2CCC(O)[C@@H]2C/C=C\CCCC(=O)O)s1. The molecule has 4 nitrogen and oxygen atoms in total. The van der Waals surface area contributed by atoms with Gasteiger partial charge in [-0.05, 0) is 75.8 Å². The van der Waals surface area contributed by atoms with E-state index in [-0.39, 0.29) is 18.4 Å². The molecule has 4 atom stereocenters. The van der Waals surface area contributed by atoms with E-state index in [4.69, 9.17) is 5.11 Å². The van der Waals surface area contributed by atoms with Crippen molar-refractivity contribution in [3.63, 3.8) is 0 Å². The lowest BCUT2D eigenvalue weighted by Gasteiger charge is -2.18. The van der Waals surface area contributed by atoms with Gasteiger partial charge in [-0.25, -0.2) is 0 Å². The van der Waals surface area contributed by atoms with Crippen LogP contribution >= 0.6 is 11.3 Å². The van der Waals surface area contributed by atoms with Crippen LogP contribution in [-0.2, 0) is 11.2 Å². The van der Waals surface area contributed by atoms with Crippen LogP contribution in [0.25, 0.3) is 0 Å². The highest BCUT2D eigenvalue weighted by atomic mass is 32.1. The maximum absolute atomic E-state index is 10.5. The Hall–Kier alpha value is -1.43. The molecule has 0 saturated heterocycles. The van der Waals surface area contributed by atoms with E-state index in [9.17, 15) is 15.0 Å². The second-order valence-corrected chi connectivity index (χ2v) is 8.84. The van der Waals surface area contributed by atoms with Gasteiger partial charge >= 0.3 is 5.97 Å². The number of hydrogen-bond donors (Lipinski definition) is 3. The minimum atomic E-state index is -0.757. The monoisotopic (exact) mass is 392 g/mol. The molecule has 2 rings (SSSR count). The van der Waals surface area contributed by atoms with E-state index in [2.05, 4.69) is 31.2 Å². The van der Waals surface area contributed by atoms with Crippen LogP contribution in [0.15, 0.2) is 36.4 Å². The molecule has 1 aliphatic rings. The van der Waals surface area contributed by atoms with Crippen LogP contribution < -0.4 is 0 Å². The summed E-state index contributed by atoms with van der Waals surface area (Å²) in [7, 11) is 0. The molecule has 1 aliphatic carbocycles. The molecule has 1 unspecified atom stereocenters. The van der Waals surface area contributed by atoms with Gasteiger partial charge in [0.2, 0.25) is 0 Å². The average Bonchev–Trinajstić information content (AvgIpc) is 3.20. The molecule has 3 N–H and O–H groups in total. The van der Waals surface area contributed by atoms with Crippen molar-refractivity contribution in [2.45, 2.75) is 70.5 Å². The number of carbonyl (C=O) groups is 1. The summed E-state index contributed by atoms with van der Waals surface area (Å²) in [6.07, 6.45) is 13.1. The maximum Gasteiger partial charge on any atom is 0.303 e. The molecular weight excluding hydrogens is 360 g/mol. The molecule has 1 heterocycles. The number of carboxylic acid groups (broad SMARTS) is 1. The smallest absolute Gasteiger partial charge is 0.303 e. The van der Waals surface area contributed by atoms with Crippen LogP contribution in [0.2, 0.25) is 0 Å². The van der Waals surface area contributed by atoms with Crippen molar-refractivity contribution in [1.82, 2.24) is 0 Å². The summed E-state index contributed by atoms with van der Waals surface area (Å²) in [4.78, 5) is 13.1. The summed E-state index contributed by atoms with van der Waals surface area (Å²) < 4.78 is 0. The Morgan fingerprint density at radius 1 is 1.33 bits per heavy atom. The van der Waals surface area contributed by atoms with Crippen LogP contribution in [0.5, 0.6) is 0 Å². The average molecular weight is 393 g/mol. The zero-order valence-electron chi connectivity index (χ0n) is 16.1. The molecule has 27 heavy (non-hydrogen) atoms. The summed E-state index contributed by atoms with van der Waals surface area (Å²) in [6, 6.07) is 4.24. The zero-order chi connectivity index (χ0) is 19.6. The summed E-state index contributed by atoms with van der Waals surface area (Å²) in [6.45, 7) is 2.09. The lowest BCUT2D eigenvalue weighted by Crippen LogP contribution is -2.17. The normalized spacial score (nSPS) is 24.2. The van der Waals surface area contributed by atoms with Crippen molar-refractivity contribution in [3.8, 4) is 0 Å². The number of aryl methyl sites for hydroxylation is 2. The van der Waals surface area contributed by atoms with Gasteiger partial charge in [0.05, 0.1) is 12.2 Å². The number of aliphatic hydroxyl groups excluding tert-OH is 2. The Morgan fingerprint density at radius 3 is 2.85 bits per heavy atom. The van der Waals surface area contributed by atoms with Crippen LogP contribution in [0.1, 0.15) is 54.7 Å². The minimum Gasteiger partial charge on any atom is -0.481 e. The number of aliphatic carboxylic acids is 1. The third kappa shape index (κ3) is 7.99. The number of rotatable bonds is 11. The first-order valence-electron chi connectivity index (χ1n) is 9.92. The van der Waals surface area contributed by atoms with Gasteiger partial charge in [0, 0.05) is 16.2 Å². The van der Waals surface area contributed by atoms with E-state index in [0.29, 0.717) is 12.3 Å². The summed E-state index contributed by atoms with van der Waals surface area (Å²) in [5.74, 6) is -0.279. The molecule has 0 aromatic carbocycles. The molecule has 0 aliphatic heterocycles. The topological polar surface area (TPSA) is 77.8 Å². The Kier molecular flexibility index (Phi) is 9.25. The molecule has 1 fully saturated rings. The van der Waals surface area contributed by atoms with Crippen molar-refractivity contribution in [2.75, 3.05) is 0 Å². The fraction of sp³-hybridized carbons (Fsp3) is 0.591. The number of thiophene rings is 1. The van der Waals surface area contributed by atoms with Crippen LogP contribution in [0.4, 0.5) is 0 Å². The van der Waals surface area contributed by atoms with E-state index < -0.39 is 12.1 Å². The first kappa shape index (κ1) is 21.9. The fourth-order valence-electron chi connectivity index (χ4n) is 3.67. The molecular formula is C22H32O4S. The highest BCUT2D eigenvalue weighted by molar-refractivity contribution is 7.11. The zero-order valence-corrected chi connectivity index (χ0v) is 16.9. The Balaban J connectivity index is 1.74. The minimum absolute atomic E-state index is 0.184. The lowest BCUT2D eigenvalue weighted by atomic mass is 9.90. The number of carboxylic acids is 1. The van der Waals surface area contributed by atoms with Crippen molar-refractivity contribution in [2.24, 2.45) is 11.8 Å². The Labute approximate surface area is 166 Å². The van der Waals surface area contributed by atoms with Crippen molar-refractivity contribution in [1.29, 1.82) is 0 Å². The number of allylic oxidation sites excluding steroid dienone is 3. The lowest BCUT2D eigenvalue weighted by molar-refractivity contribution is -0.137. The van der Waals surface area contributed by atoms with Crippen molar-refractivity contribution >= 4 is 17.3 Å². The van der Waals surface area contributed by atoms with Gasteiger partial charge in [-0.3, -0.25) is 4.79 Å². The predicted octanol–water partition coefficient (Wildman–Crippen LogP) is 4.49. The molecule has 1 aromatic heterocycles. The summed E-state index contributed by atoms with van der Waals surface area (Å²) in [5, 5.41) is 29.1. The van der Waals surface area contributed by atoms with Crippen LogP contribution in [0.3, 0.4) is 0 Å². The van der Waals surface area contributed by atoms with E-state index in [1.807, 2.05) is 12.2 Å². The first-order chi connectivity index (χ1) is 13.0. The van der Waals surface area contributed by atoms with E-state index >= 15 is 0 Å². The summed E-state index contributed by atoms with van der Waals surface area (Å²) in [5.41, 5.74) is 0. The second kappa shape index (κ2) is 11.4. The molecule has 5 heteroatoms. The van der Waals surface area contributed by atoms with Gasteiger partial charge in [-0.1, -0.05) is 24.3 Å². The number of aliphatic hydroxyl groups is 2. The van der Waals surface area contributed by atoms with E-state index in [1.165, 1.54) is 9.75 Å². The molecule has 1 aromatic rings. The Morgan fingerprint density at radius 2 is 2.15 bits per heavy atom. The number of hydrogen-bond acceptors (Lipinski definition) is 4. The van der Waals surface area contributed by atoms with Gasteiger partial charge < -0.3 is 15.3 Å². The van der Waals surface area contributed by atoms with Gasteiger partial charge in [0.1, 0.15) is 0 Å². The van der Waals surface area contributed by atoms with Gasteiger partial charge in [0.15, 0.2) is 0 Å². The maximum atomic E-state index is 10.5. The highest BCUT2D eigenvalue weighted by Crippen LogP contribution is 2.36. The Bertz CT molecular complexity index is 634. The second-order valence-electron chi connectivity index (χ2n) is 7.47. The van der Waals surface area contributed by atoms with Gasteiger partial charge in [-0.15, -0.1) is 11.3 Å². The highest BCUT2D eigenvalue weighted by Gasteiger charge is 2.32. The van der Waals surface area contributed by atoms with Gasteiger partial charge in [-0.2, -0.15) is 0 Å². The van der Waals surface area contributed by atoms with Crippen LogP contribution in [-0.4, -0.2) is 33.5 Å². The molecule has 0 radical (unpaired) electrons. The molecule has 0 amide bonds. The first-order valence-corrected chi connectivity index (χ1v) is 10.7. The molecule has 1 saturated carbocycles.